The fourth-order valence-electron chi connectivity index (χ4n) is 1.74. The lowest BCUT2D eigenvalue weighted by molar-refractivity contribution is -0.151. The second kappa shape index (κ2) is 6.11. The van der Waals surface area contributed by atoms with Crippen molar-refractivity contribution in [3.05, 3.63) is 0 Å². The molecule has 0 aliphatic carbocycles. The van der Waals surface area contributed by atoms with Crippen LogP contribution in [0.15, 0.2) is 0 Å². The average molecular weight is 263 g/mol. The van der Waals surface area contributed by atoms with Crippen molar-refractivity contribution in [2.45, 2.75) is 38.0 Å². The lowest BCUT2D eigenvalue weighted by Gasteiger charge is -2.16. The van der Waals surface area contributed by atoms with Gasteiger partial charge in [0.2, 0.25) is 5.91 Å². The molecule has 6 nitrogen and oxygen atoms in total. The number of nitrogens with one attached hydrogen (secondary N) is 1. The number of carbonyl (C=O) groups is 2. The van der Waals surface area contributed by atoms with Crippen LogP contribution in [0.1, 0.15) is 19.8 Å². The third-order valence-electron chi connectivity index (χ3n) is 2.46. The molecule has 1 heterocycles. The van der Waals surface area contributed by atoms with Crippen molar-refractivity contribution < 1.29 is 23.6 Å². The van der Waals surface area contributed by atoms with Crippen LogP contribution < -0.4 is 5.32 Å². The Morgan fingerprint density at radius 2 is 2.06 bits per heavy atom. The number of rotatable bonds is 5. The van der Waals surface area contributed by atoms with E-state index in [4.69, 9.17) is 9.84 Å². The van der Waals surface area contributed by atoms with E-state index < -0.39 is 29.0 Å². The van der Waals surface area contributed by atoms with E-state index >= 15 is 0 Å². The molecular formula is C10H17NO5S. The van der Waals surface area contributed by atoms with Gasteiger partial charge in [-0.1, -0.05) is 0 Å². The van der Waals surface area contributed by atoms with Crippen molar-refractivity contribution in [1.82, 2.24) is 5.32 Å². The van der Waals surface area contributed by atoms with Crippen LogP contribution >= 0.6 is 0 Å². The van der Waals surface area contributed by atoms with Crippen LogP contribution in [-0.4, -0.2) is 51.5 Å². The van der Waals surface area contributed by atoms with E-state index in [2.05, 4.69) is 5.32 Å². The van der Waals surface area contributed by atoms with E-state index in [0.717, 1.165) is 0 Å². The zero-order valence-electron chi connectivity index (χ0n) is 9.84. The van der Waals surface area contributed by atoms with Crippen molar-refractivity contribution >= 4 is 22.7 Å². The van der Waals surface area contributed by atoms with E-state index in [9.17, 15) is 13.8 Å². The third-order valence-corrected chi connectivity index (χ3v) is 3.43. The molecule has 1 rings (SSSR count). The van der Waals surface area contributed by atoms with E-state index in [-0.39, 0.29) is 11.9 Å². The highest BCUT2D eigenvalue weighted by Gasteiger charge is 2.34. The van der Waals surface area contributed by atoms with Gasteiger partial charge in [0.1, 0.15) is 6.10 Å². The molecule has 17 heavy (non-hydrogen) atoms. The second-order valence-corrected chi connectivity index (χ2v) is 5.66. The predicted octanol–water partition coefficient (Wildman–Crippen LogP) is -0.498. The first kappa shape index (κ1) is 14.1. The van der Waals surface area contributed by atoms with Crippen LogP contribution in [0.4, 0.5) is 0 Å². The quantitative estimate of drug-likeness (QED) is 0.697. The topological polar surface area (TPSA) is 92.7 Å². The molecule has 1 aliphatic heterocycles. The van der Waals surface area contributed by atoms with Gasteiger partial charge in [0.25, 0.3) is 0 Å². The van der Waals surface area contributed by atoms with Crippen LogP contribution in [0.5, 0.6) is 0 Å². The molecule has 0 aromatic heterocycles. The minimum Gasteiger partial charge on any atom is -0.479 e. The number of hydrogen-bond donors (Lipinski definition) is 2. The van der Waals surface area contributed by atoms with Crippen LogP contribution in [0, 0.1) is 0 Å². The Hall–Kier alpha value is -0.950. The maximum Gasteiger partial charge on any atom is 0.332 e. The van der Waals surface area contributed by atoms with Crippen molar-refractivity contribution in [3.8, 4) is 0 Å². The van der Waals surface area contributed by atoms with Gasteiger partial charge in [0, 0.05) is 28.9 Å². The molecule has 0 aromatic carbocycles. The first-order valence-electron chi connectivity index (χ1n) is 5.38. The van der Waals surface area contributed by atoms with Gasteiger partial charge in [-0.15, -0.1) is 0 Å². The van der Waals surface area contributed by atoms with Gasteiger partial charge in [0.05, 0.1) is 0 Å². The zero-order chi connectivity index (χ0) is 13.0. The summed E-state index contributed by atoms with van der Waals surface area (Å²) in [7, 11) is -0.978. The highest BCUT2D eigenvalue weighted by atomic mass is 32.2. The largest absolute Gasteiger partial charge is 0.479 e. The Morgan fingerprint density at radius 3 is 2.53 bits per heavy atom. The molecule has 0 spiro atoms. The van der Waals surface area contributed by atoms with Gasteiger partial charge in [0.15, 0.2) is 6.10 Å². The van der Waals surface area contributed by atoms with Crippen LogP contribution in [0.25, 0.3) is 0 Å². The summed E-state index contributed by atoms with van der Waals surface area (Å²) in [5.74, 6) is -0.990. The molecule has 4 unspecified atom stereocenters. The Bertz CT molecular complexity index is 333. The molecule has 0 aromatic rings. The SMILES string of the molecule is CC(CS(C)=O)NC(=O)C1CCC(C(=O)O)O1. The van der Waals surface area contributed by atoms with Gasteiger partial charge in [-0.25, -0.2) is 4.79 Å². The molecule has 1 amide bonds. The summed E-state index contributed by atoms with van der Waals surface area (Å²) < 4.78 is 16.1. The van der Waals surface area contributed by atoms with E-state index in [1.807, 2.05) is 0 Å². The molecule has 4 atom stereocenters. The summed E-state index contributed by atoms with van der Waals surface area (Å²) in [5, 5.41) is 11.4. The third kappa shape index (κ3) is 4.43. The van der Waals surface area contributed by atoms with Gasteiger partial charge in [-0.05, 0) is 19.8 Å². The Kier molecular flexibility index (Phi) is 5.07. The fourth-order valence-corrected chi connectivity index (χ4v) is 2.53. The van der Waals surface area contributed by atoms with Gasteiger partial charge in [-0.3, -0.25) is 9.00 Å². The molecule has 0 saturated carbocycles. The molecule has 1 saturated heterocycles. The molecule has 0 bridgehead atoms. The molecule has 0 radical (unpaired) electrons. The minimum atomic E-state index is -1.04. The first-order valence-corrected chi connectivity index (χ1v) is 7.11. The Balaban J connectivity index is 2.39. The molecule has 1 aliphatic rings. The smallest absolute Gasteiger partial charge is 0.332 e. The van der Waals surface area contributed by atoms with Gasteiger partial charge in [-0.2, -0.15) is 0 Å². The van der Waals surface area contributed by atoms with Crippen molar-refractivity contribution in [2.24, 2.45) is 0 Å². The summed E-state index contributed by atoms with van der Waals surface area (Å²) in [6.45, 7) is 1.75. The van der Waals surface area contributed by atoms with Crippen LogP contribution in [-0.2, 0) is 25.1 Å². The summed E-state index contributed by atoms with van der Waals surface area (Å²) >= 11 is 0. The van der Waals surface area contributed by atoms with Crippen LogP contribution in [0.2, 0.25) is 0 Å². The highest BCUT2D eigenvalue weighted by molar-refractivity contribution is 7.84. The van der Waals surface area contributed by atoms with Crippen molar-refractivity contribution in [3.63, 3.8) is 0 Å². The first-order chi connectivity index (χ1) is 7.90. The monoisotopic (exact) mass is 263 g/mol. The van der Waals surface area contributed by atoms with Crippen molar-refractivity contribution in [2.75, 3.05) is 12.0 Å². The number of ether oxygens (including phenoxy) is 1. The molecule has 1 fully saturated rings. The normalized spacial score (nSPS) is 27.4. The molecule has 7 heteroatoms. The number of carbonyl (C=O) groups excluding carboxylic acids is 1. The molecular weight excluding hydrogens is 246 g/mol. The van der Waals surface area contributed by atoms with E-state index in [1.165, 1.54) is 0 Å². The number of aliphatic carboxylic acids is 1. The number of carboxylic acid groups (broad SMARTS) is 1. The summed E-state index contributed by atoms with van der Waals surface area (Å²) in [5.41, 5.74) is 0. The molecule has 98 valence electrons. The summed E-state index contributed by atoms with van der Waals surface area (Å²) in [4.78, 5) is 22.3. The maximum atomic E-state index is 11.7. The maximum absolute atomic E-state index is 11.7. The zero-order valence-corrected chi connectivity index (χ0v) is 10.7. The lowest BCUT2D eigenvalue weighted by Crippen LogP contribution is -2.42. The number of carboxylic acids is 1. The Morgan fingerprint density at radius 1 is 1.47 bits per heavy atom. The fraction of sp³-hybridized carbons (Fsp3) is 0.800. The average Bonchev–Trinajstić information content (AvgIpc) is 2.64. The Labute approximate surface area is 102 Å². The predicted molar refractivity (Wildman–Crippen MR) is 62.1 cm³/mol. The number of hydrogen-bond acceptors (Lipinski definition) is 4. The number of amides is 1. The summed E-state index contributed by atoms with van der Waals surface area (Å²) in [6, 6.07) is -0.208. The summed E-state index contributed by atoms with van der Waals surface area (Å²) in [6.07, 6.45) is 0.728. The standard InChI is InChI=1S/C10H17NO5S/c1-6(5-17(2)15)11-9(12)7-3-4-8(16-7)10(13)14/h6-8H,3-5H2,1-2H3,(H,11,12)(H,13,14). The lowest BCUT2D eigenvalue weighted by atomic mass is 10.2. The second-order valence-electron chi connectivity index (χ2n) is 4.18. The minimum absolute atomic E-state index is 0.208. The van der Waals surface area contributed by atoms with Crippen molar-refractivity contribution in [1.29, 1.82) is 0 Å². The van der Waals surface area contributed by atoms with Crippen LogP contribution in [0.3, 0.4) is 0 Å². The highest BCUT2D eigenvalue weighted by Crippen LogP contribution is 2.19. The van der Waals surface area contributed by atoms with Gasteiger partial charge < -0.3 is 15.2 Å². The van der Waals surface area contributed by atoms with E-state index in [0.29, 0.717) is 18.6 Å². The van der Waals surface area contributed by atoms with E-state index in [1.54, 1.807) is 13.2 Å². The van der Waals surface area contributed by atoms with Gasteiger partial charge >= 0.3 is 5.97 Å². The molecule has 2 N–H and O–H groups in total.